The van der Waals surface area contributed by atoms with E-state index < -0.39 is 83.5 Å². The Hall–Kier alpha value is -1.78. The van der Waals surface area contributed by atoms with Gasteiger partial charge in [0.15, 0.2) is 6.10 Å². The van der Waals surface area contributed by atoms with Crippen molar-refractivity contribution in [2.75, 3.05) is 13.2 Å². The Morgan fingerprint density at radius 1 is 0.508 bits per heavy atom. The zero-order chi connectivity index (χ0) is 46.8. The Morgan fingerprint density at radius 2 is 0.921 bits per heavy atom. The van der Waals surface area contributed by atoms with Crippen LogP contribution in [0.25, 0.3) is 0 Å². The highest BCUT2D eigenvalue weighted by atomic mass is 31.2. The Labute approximate surface area is 376 Å². The lowest BCUT2D eigenvalue weighted by Crippen LogP contribution is -2.64. The molecule has 0 amide bonds. The molecular formula is C45H82O16P2. The molecule has 0 aromatic rings. The fourth-order valence-corrected chi connectivity index (χ4v) is 8.57. The summed E-state index contributed by atoms with van der Waals surface area (Å²) < 4.78 is 49.3. The lowest BCUT2D eigenvalue weighted by Gasteiger charge is -2.43. The number of rotatable bonds is 39. The Kier molecular flexibility index (Phi) is 34.2. The summed E-state index contributed by atoms with van der Waals surface area (Å²) in [5.41, 5.74) is 0. The van der Waals surface area contributed by atoms with Crippen LogP contribution in [0.1, 0.15) is 181 Å². The minimum absolute atomic E-state index is 0.0198. The molecule has 368 valence electrons. The Balaban J connectivity index is 2.62. The second-order valence-corrected chi connectivity index (χ2v) is 19.1. The lowest BCUT2D eigenvalue weighted by molar-refractivity contribution is -0.216. The van der Waals surface area contributed by atoms with Crippen LogP contribution in [0.3, 0.4) is 0 Å². The monoisotopic (exact) mass is 941 g/mol. The van der Waals surface area contributed by atoms with Gasteiger partial charge in [-0.2, -0.15) is 0 Å². The minimum atomic E-state index is -5.36. The highest BCUT2D eigenvalue weighted by Gasteiger charge is 2.54. The van der Waals surface area contributed by atoms with Crippen LogP contribution in [0.15, 0.2) is 36.5 Å². The van der Waals surface area contributed by atoms with Crippen LogP contribution in [0, 0.1) is 0 Å². The number of hydrogen-bond acceptors (Lipinski definition) is 13. The van der Waals surface area contributed by atoms with Crippen molar-refractivity contribution in [3.05, 3.63) is 36.5 Å². The van der Waals surface area contributed by atoms with Gasteiger partial charge in [-0.05, 0) is 51.4 Å². The summed E-state index contributed by atoms with van der Waals surface area (Å²) in [5, 5.41) is 41.2. The zero-order valence-electron chi connectivity index (χ0n) is 38.0. The second-order valence-electron chi connectivity index (χ2n) is 16.5. The molecule has 7 N–H and O–H groups in total. The average Bonchev–Trinajstić information content (AvgIpc) is 3.23. The molecule has 0 aliphatic heterocycles. The fraction of sp³-hybridized carbons (Fsp3) is 0.822. The molecule has 1 rings (SSSR count). The molecule has 0 heterocycles. The number of aliphatic hydroxyl groups excluding tert-OH is 4. The number of phosphoric ester groups is 2. The maximum atomic E-state index is 13.0. The van der Waals surface area contributed by atoms with Crippen molar-refractivity contribution < 1.29 is 76.9 Å². The van der Waals surface area contributed by atoms with Crippen molar-refractivity contribution in [2.45, 2.75) is 224 Å². The summed E-state index contributed by atoms with van der Waals surface area (Å²) in [6.45, 7) is 3.06. The summed E-state index contributed by atoms with van der Waals surface area (Å²) >= 11 is 0. The molecule has 16 nitrogen and oxygen atoms in total. The van der Waals surface area contributed by atoms with Crippen LogP contribution in [0.2, 0.25) is 0 Å². The molecule has 0 spiro atoms. The topological polar surface area (TPSA) is 256 Å². The largest absolute Gasteiger partial charge is 0.472 e. The van der Waals surface area contributed by atoms with Gasteiger partial charge in [0.2, 0.25) is 0 Å². The van der Waals surface area contributed by atoms with Gasteiger partial charge in [-0.15, -0.1) is 0 Å². The Morgan fingerprint density at radius 3 is 1.43 bits per heavy atom. The van der Waals surface area contributed by atoms with Gasteiger partial charge in [0.25, 0.3) is 0 Å². The van der Waals surface area contributed by atoms with Crippen LogP contribution >= 0.6 is 15.6 Å². The molecule has 0 saturated heterocycles. The van der Waals surface area contributed by atoms with E-state index in [2.05, 4.69) is 54.8 Å². The molecule has 8 atom stereocenters. The van der Waals surface area contributed by atoms with Gasteiger partial charge in [0, 0.05) is 12.8 Å². The van der Waals surface area contributed by atoms with Crippen LogP contribution in [0.4, 0.5) is 0 Å². The number of esters is 2. The number of unbranched alkanes of at least 4 members (excludes halogenated alkanes) is 19. The smallest absolute Gasteiger partial charge is 0.462 e. The molecule has 0 radical (unpaired) electrons. The standard InChI is InChI=1S/C45H82O16P2/c1-3-5-7-9-11-13-15-17-18-19-20-22-24-26-28-30-32-34-39(47)59-37(35-57-38(46)33-31-29-27-25-23-21-16-14-12-10-8-6-4-2)36-58-63(55,56)61-45-42(50)40(48)41(49)44(43(45)51)60-62(52,53)54/h11,13,17-18,20,22,37,40-45,48-51H,3-10,12,14-16,19,21,23-36H2,1-2H3,(H,55,56)(H2,52,53,54)/t37-,40?,41?,42?,43?,44-,45+/m1/s1. The molecule has 1 aliphatic rings. The van der Waals surface area contributed by atoms with Crippen LogP contribution in [-0.4, -0.2) is 103 Å². The summed E-state index contributed by atoms with van der Waals surface area (Å²) in [7, 11) is -10.7. The first kappa shape index (κ1) is 59.2. The van der Waals surface area contributed by atoms with E-state index in [9.17, 15) is 44.0 Å². The third kappa shape index (κ3) is 30.9. The minimum Gasteiger partial charge on any atom is -0.462 e. The van der Waals surface area contributed by atoms with Crippen LogP contribution < -0.4 is 0 Å². The quantitative estimate of drug-likeness (QED) is 0.0132. The third-order valence-corrected chi connectivity index (χ3v) is 12.2. The molecule has 0 aromatic heterocycles. The van der Waals surface area contributed by atoms with Crippen molar-refractivity contribution in [3.8, 4) is 0 Å². The molecule has 63 heavy (non-hydrogen) atoms. The van der Waals surface area contributed by atoms with Crippen molar-refractivity contribution in [3.63, 3.8) is 0 Å². The molecule has 18 heteroatoms. The van der Waals surface area contributed by atoms with Crippen molar-refractivity contribution in [1.29, 1.82) is 0 Å². The highest BCUT2D eigenvalue weighted by Crippen LogP contribution is 2.49. The second kappa shape index (κ2) is 36.4. The molecule has 1 saturated carbocycles. The number of carbonyl (C=O) groups is 2. The predicted molar refractivity (Wildman–Crippen MR) is 241 cm³/mol. The predicted octanol–water partition coefficient (Wildman–Crippen LogP) is 8.73. The fourth-order valence-electron chi connectivity index (χ4n) is 7.03. The number of carbonyl (C=O) groups excluding carboxylic acids is 2. The molecular weight excluding hydrogens is 858 g/mol. The van der Waals surface area contributed by atoms with Crippen molar-refractivity contribution in [2.24, 2.45) is 0 Å². The van der Waals surface area contributed by atoms with E-state index in [1.807, 2.05) is 0 Å². The first-order valence-electron chi connectivity index (χ1n) is 23.5. The highest BCUT2D eigenvalue weighted by molar-refractivity contribution is 7.47. The van der Waals surface area contributed by atoms with Gasteiger partial charge in [0.1, 0.15) is 43.2 Å². The van der Waals surface area contributed by atoms with Gasteiger partial charge in [0.05, 0.1) is 6.61 Å². The van der Waals surface area contributed by atoms with Crippen molar-refractivity contribution >= 4 is 27.6 Å². The van der Waals surface area contributed by atoms with E-state index in [0.29, 0.717) is 12.8 Å². The van der Waals surface area contributed by atoms with Gasteiger partial charge in [-0.1, -0.05) is 153 Å². The number of aliphatic hydroxyl groups is 4. The molecule has 1 fully saturated rings. The van der Waals surface area contributed by atoms with Crippen LogP contribution in [-0.2, 0) is 41.8 Å². The molecule has 0 bridgehead atoms. The zero-order valence-corrected chi connectivity index (χ0v) is 39.8. The SMILES string of the molecule is CCCCCC=CCC=CCC=CCCCCCCC(=O)O[C@H](COC(=O)CCCCCCCCCCCCCCC)COP(=O)(O)O[C@H]1C(O)C(O)C(O)[C@@H](OP(=O)(O)O)C1O. The third-order valence-electron chi connectivity index (χ3n) is 10.7. The summed E-state index contributed by atoms with van der Waals surface area (Å²) in [5.74, 6) is -1.23. The molecule has 5 unspecified atom stereocenters. The maximum Gasteiger partial charge on any atom is 0.472 e. The first-order chi connectivity index (χ1) is 30.1. The number of hydrogen-bond donors (Lipinski definition) is 7. The van der Waals surface area contributed by atoms with Crippen LogP contribution in [0.5, 0.6) is 0 Å². The van der Waals surface area contributed by atoms with E-state index in [1.165, 1.54) is 70.6 Å². The number of phosphoric acid groups is 2. The average molecular weight is 941 g/mol. The Bertz CT molecular complexity index is 1370. The van der Waals surface area contributed by atoms with Gasteiger partial charge < -0.3 is 44.6 Å². The summed E-state index contributed by atoms with van der Waals surface area (Å²) in [4.78, 5) is 54.2. The van der Waals surface area contributed by atoms with E-state index in [0.717, 1.165) is 70.6 Å². The molecule has 0 aromatic carbocycles. The first-order valence-corrected chi connectivity index (χ1v) is 26.6. The summed E-state index contributed by atoms with van der Waals surface area (Å²) in [6, 6.07) is 0. The lowest BCUT2D eigenvalue weighted by atomic mass is 9.85. The maximum absolute atomic E-state index is 13.0. The molecule has 1 aliphatic carbocycles. The van der Waals surface area contributed by atoms with Gasteiger partial charge in [-0.3, -0.25) is 23.2 Å². The summed E-state index contributed by atoms with van der Waals surface area (Å²) in [6.07, 6.45) is 23.9. The van der Waals surface area contributed by atoms with E-state index in [1.54, 1.807) is 0 Å². The van der Waals surface area contributed by atoms with Gasteiger partial charge >= 0.3 is 27.6 Å². The van der Waals surface area contributed by atoms with E-state index >= 15 is 0 Å². The van der Waals surface area contributed by atoms with Gasteiger partial charge in [-0.25, -0.2) is 9.13 Å². The van der Waals surface area contributed by atoms with Crippen molar-refractivity contribution in [1.82, 2.24) is 0 Å². The number of allylic oxidation sites excluding steroid dienone is 6. The van der Waals surface area contributed by atoms with E-state index in [-0.39, 0.29) is 12.8 Å². The van der Waals surface area contributed by atoms with E-state index in [4.69, 9.17) is 28.3 Å². The number of ether oxygens (including phenoxy) is 2. The normalized spacial score (nSPS) is 22.2.